The van der Waals surface area contributed by atoms with Crippen molar-refractivity contribution in [1.29, 1.82) is 0 Å². The largest absolute Gasteiger partial charge is 0.311 e. The summed E-state index contributed by atoms with van der Waals surface area (Å²) in [5.74, 6) is 1.49. The zero-order valence-corrected chi connectivity index (χ0v) is 12.7. The van der Waals surface area contributed by atoms with E-state index in [-0.39, 0.29) is 0 Å². The number of piperazine rings is 1. The molecule has 0 bridgehead atoms. The molecule has 0 aromatic rings. The molecule has 1 aliphatic heterocycles. The van der Waals surface area contributed by atoms with Gasteiger partial charge in [0.15, 0.2) is 0 Å². The van der Waals surface area contributed by atoms with Crippen LogP contribution in [0.15, 0.2) is 0 Å². The highest BCUT2D eigenvalue weighted by Gasteiger charge is 2.33. The van der Waals surface area contributed by atoms with E-state index in [1.54, 1.807) is 0 Å². The van der Waals surface area contributed by atoms with E-state index in [2.05, 4.69) is 51.8 Å². The minimum atomic E-state index is 0.698. The van der Waals surface area contributed by atoms with Crippen molar-refractivity contribution >= 4 is 0 Å². The summed E-state index contributed by atoms with van der Waals surface area (Å²) in [5, 5.41) is 3.73. The molecule has 1 saturated heterocycles. The Morgan fingerprint density at radius 3 is 2.29 bits per heavy atom. The van der Waals surface area contributed by atoms with E-state index in [4.69, 9.17) is 0 Å². The van der Waals surface area contributed by atoms with Crippen molar-refractivity contribution in [3.63, 3.8) is 0 Å². The van der Waals surface area contributed by atoms with Gasteiger partial charge in [0, 0.05) is 31.2 Å². The summed E-state index contributed by atoms with van der Waals surface area (Å²) < 4.78 is 0. The van der Waals surface area contributed by atoms with Crippen LogP contribution in [0.5, 0.6) is 0 Å². The van der Waals surface area contributed by atoms with Crippen molar-refractivity contribution in [1.82, 2.24) is 10.2 Å². The van der Waals surface area contributed by atoms with Crippen molar-refractivity contribution in [2.24, 2.45) is 11.8 Å². The van der Waals surface area contributed by atoms with Crippen LogP contribution in [0.3, 0.4) is 0 Å². The van der Waals surface area contributed by atoms with Gasteiger partial charge in [-0.25, -0.2) is 0 Å². The molecule has 1 N–H and O–H groups in total. The SMILES string of the molecule is CCCC1CN(C(C)C(C)C)C(C(C)C)CN1. The first kappa shape index (κ1) is 15.0. The maximum absolute atomic E-state index is 3.73. The fourth-order valence-electron chi connectivity index (χ4n) is 2.87. The van der Waals surface area contributed by atoms with Gasteiger partial charge in [-0.15, -0.1) is 0 Å². The van der Waals surface area contributed by atoms with Gasteiger partial charge in [-0.1, -0.05) is 41.0 Å². The van der Waals surface area contributed by atoms with E-state index in [0.29, 0.717) is 18.1 Å². The van der Waals surface area contributed by atoms with Crippen molar-refractivity contribution in [2.45, 2.75) is 72.5 Å². The zero-order chi connectivity index (χ0) is 13.0. The van der Waals surface area contributed by atoms with Gasteiger partial charge in [-0.3, -0.25) is 4.90 Å². The Morgan fingerprint density at radius 2 is 1.82 bits per heavy atom. The van der Waals surface area contributed by atoms with Crippen LogP contribution in [0.25, 0.3) is 0 Å². The molecule has 2 nitrogen and oxygen atoms in total. The second-order valence-electron chi connectivity index (χ2n) is 6.39. The number of hydrogen-bond donors (Lipinski definition) is 1. The Morgan fingerprint density at radius 1 is 1.18 bits per heavy atom. The van der Waals surface area contributed by atoms with E-state index in [9.17, 15) is 0 Å². The minimum Gasteiger partial charge on any atom is -0.311 e. The van der Waals surface area contributed by atoms with Crippen LogP contribution >= 0.6 is 0 Å². The second kappa shape index (κ2) is 6.75. The summed E-state index contributed by atoms with van der Waals surface area (Å²) in [5.41, 5.74) is 0. The van der Waals surface area contributed by atoms with Crippen LogP contribution < -0.4 is 5.32 Å². The predicted octanol–water partition coefficient (Wildman–Crippen LogP) is 3.13. The van der Waals surface area contributed by atoms with Gasteiger partial charge in [-0.2, -0.15) is 0 Å². The lowest BCUT2D eigenvalue weighted by atomic mass is 9.92. The first-order valence-corrected chi connectivity index (χ1v) is 7.46. The zero-order valence-electron chi connectivity index (χ0n) is 12.7. The minimum absolute atomic E-state index is 0.698. The van der Waals surface area contributed by atoms with Crippen molar-refractivity contribution in [3.05, 3.63) is 0 Å². The lowest BCUT2D eigenvalue weighted by Crippen LogP contribution is -2.61. The maximum Gasteiger partial charge on any atom is 0.0247 e. The summed E-state index contributed by atoms with van der Waals surface area (Å²) >= 11 is 0. The average molecular weight is 240 g/mol. The van der Waals surface area contributed by atoms with Crippen molar-refractivity contribution < 1.29 is 0 Å². The fourth-order valence-corrected chi connectivity index (χ4v) is 2.87. The van der Waals surface area contributed by atoms with Gasteiger partial charge in [-0.05, 0) is 25.2 Å². The Bertz CT molecular complexity index is 213. The van der Waals surface area contributed by atoms with Gasteiger partial charge in [0.25, 0.3) is 0 Å². The van der Waals surface area contributed by atoms with Crippen molar-refractivity contribution in [3.8, 4) is 0 Å². The molecular formula is C15H32N2. The molecule has 1 heterocycles. The molecule has 102 valence electrons. The average Bonchev–Trinajstić information content (AvgIpc) is 2.28. The molecule has 0 spiro atoms. The highest BCUT2D eigenvalue weighted by molar-refractivity contribution is 4.90. The Kier molecular flexibility index (Phi) is 5.94. The molecule has 2 heteroatoms. The van der Waals surface area contributed by atoms with Gasteiger partial charge in [0.05, 0.1) is 0 Å². The summed E-state index contributed by atoms with van der Waals surface area (Å²) in [6.45, 7) is 16.5. The second-order valence-corrected chi connectivity index (χ2v) is 6.39. The van der Waals surface area contributed by atoms with Crippen LogP contribution in [0.4, 0.5) is 0 Å². The van der Waals surface area contributed by atoms with Crippen LogP contribution in [-0.2, 0) is 0 Å². The smallest absolute Gasteiger partial charge is 0.0247 e. The quantitative estimate of drug-likeness (QED) is 0.794. The molecule has 0 amide bonds. The van der Waals surface area contributed by atoms with E-state index < -0.39 is 0 Å². The first-order chi connectivity index (χ1) is 7.97. The number of hydrogen-bond acceptors (Lipinski definition) is 2. The molecular weight excluding hydrogens is 208 g/mol. The monoisotopic (exact) mass is 240 g/mol. The molecule has 0 aromatic carbocycles. The lowest BCUT2D eigenvalue weighted by molar-refractivity contribution is 0.0421. The Labute approximate surface area is 108 Å². The molecule has 3 unspecified atom stereocenters. The summed E-state index contributed by atoms with van der Waals surface area (Å²) in [4.78, 5) is 2.76. The fraction of sp³-hybridized carbons (Fsp3) is 1.00. The first-order valence-electron chi connectivity index (χ1n) is 7.46. The van der Waals surface area contributed by atoms with E-state index in [1.165, 1.54) is 25.9 Å². The van der Waals surface area contributed by atoms with Gasteiger partial charge < -0.3 is 5.32 Å². The van der Waals surface area contributed by atoms with E-state index >= 15 is 0 Å². The van der Waals surface area contributed by atoms with Crippen molar-refractivity contribution in [2.75, 3.05) is 13.1 Å². The molecule has 1 aliphatic rings. The standard InChI is InChI=1S/C15H32N2/c1-7-8-14-10-17(13(6)11(2)3)15(9-16-14)12(4)5/h11-16H,7-10H2,1-6H3. The maximum atomic E-state index is 3.73. The topological polar surface area (TPSA) is 15.3 Å². The highest BCUT2D eigenvalue weighted by Crippen LogP contribution is 2.22. The summed E-state index contributed by atoms with van der Waals surface area (Å²) in [7, 11) is 0. The lowest BCUT2D eigenvalue weighted by Gasteiger charge is -2.46. The summed E-state index contributed by atoms with van der Waals surface area (Å²) in [6, 6.07) is 2.11. The number of nitrogens with one attached hydrogen (secondary N) is 1. The van der Waals surface area contributed by atoms with Gasteiger partial charge >= 0.3 is 0 Å². The molecule has 0 aliphatic carbocycles. The van der Waals surface area contributed by atoms with Crippen LogP contribution in [0.2, 0.25) is 0 Å². The third-order valence-corrected chi connectivity index (χ3v) is 4.37. The molecule has 0 radical (unpaired) electrons. The molecule has 17 heavy (non-hydrogen) atoms. The normalized spacial score (nSPS) is 28.9. The van der Waals surface area contributed by atoms with Crippen LogP contribution in [-0.4, -0.2) is 36.1 Å². The highest BCUT2D eigenvalue weighted by atomic mass is 15.3. The number of rotatable bonds is 5. The van der Waals surface area contributed by atoms with Gasteiger partial charge in [0.1, 0.15) is 0 Å². The molecule has 0 saturated carbocycles. The molecule has 1 rings (SSSR count). The van der Waals surface area contributed by atoms with Gasteiger partial charge in [0.2, 0.25) is 0 Å². The van der Waals surface area contributed by atoms with Crippen LogP contribution in [0, 0.1) is 11.8 Å². The molecule has 1 fully saturated rings. The third-order valence-electron chi connectivity index (χ3n) is 4.37. The van der Waals surface area contributed by atoms with Crippen LogP contribution in [0.1, 0.15) is 54.4 Å². The summed E-state index contributed by atoms with van der Waals surface area (Å²) in [6.07, 6.45) is 2.60. The van der Waals surface area contributed by atoms with E-state index in [0.717, 1.165) is 11.8 Å². The Balaban J connectivity index is 2.68. The van der Waals surface area contributed by atoms with E-state index in [1.807, 2.05) is 0 Å². The number of nitrogens with zero attached hydrogens (tertiary/aromatic N) is 1. The third kappa shape index (κ3) is 3.96. The Hall–Kier alpha value is -0.0800. The molecule has 0 aromatic heterocycles. The predicted molar refractivity (Wildman–Crippen MR) is 76.3 cm³/mol. The molecule has 3 atom stereocenters.